The predicted molar refractivity (Wildman–Crippen MR) is 104 cm³/mol. The molecule has 6 nitrogen and oxygen atoms in total. The average molecular weight is 412 g/mol. The first-order chi connectivity index (χ1) is 12.8. The summed E-state index contributed by atoms with van der Waals surface area (Å²) in [7, 11) is 2.89. The largest absolute Gasteiger partial charge is 0.496 e. The lowest BCUT2D eigenvalue weighted by Gasteiger charge is -2.17. The third kappa shape index (κ3) is 5.05. The van der Waals surface area contributed by atoms with Crippen LogP contribution in [-0.2, 0) is 9.53 Å². The van der Waals surface area contributed by atoms with Crippen molar-refractivity contribution in [3.63, 3.8) is 0 Å². The van der Waals surface area contributed by atoms with Gasteiger partial charge < -0.3 is 19.5 Å². The van der Waals surface area contributed by atoms with Crippen molar-refractivity contribution in [2.45, 2.75) is 20.0 Å². The molecule has 2 rings (SSSR count). The van der Waals surface area contributed by atoms with Gasteiger partial charge in [-0.25, -0.2) is 4.79 Å². The molecule has 144 valence electrons. The minimum absolute atomic E-state index is 0.129. The van der Waals surface area contributed by atoms with E-state index in [0.717, 1.165) is 5.56 Å². The fourth-order valence-electron chi connectivity index (χ4n) is 2.28. The Hall–Kier alpha value is -2.44. The van der Waals surface area contributed by atoms with Crippen molar-refractivity contribution >= 4 is 40.8 Å². The number of halogens is 2. The number of hydrogen-bond donors (Lipinski definition) is 1. The summed E-state index contributed by atoms with van der Waals surface area (Å²) in [4.78, 5) is 24.8. The highest BCUT2D eigenvalue weighted by Gasteiger charge is 2.23. The molecule has 0 saturated carbocycles. The van der Waals surface area contributed by atoms with Crippen LogP contribution in [0.15, 0.2) is 30.3 Å². The number of carbonyl (C=O) groups excluding carboxylic acids is 2. The van der Waals surface area contributed by atoms with Crippen LogP contribution in [0.2, 0.25) is 10.0 Å². The van der Waals surface area contributed by atoms with Crippen LogP contribution in [0.1, 0.15) is 22.8 Å². The Kier molecular flexibility index (Phi) is 6.93. The molecule has 2 aromatic carbocycles. The highest BCUT2D eigenvalue weighted by atomic mass is 35.5. The van der Waals surface area contributed by atoms with Crippen molar-refractivity contribution in [2.75, 3.05) is 19.5 Å². The summed E-state index contributed by atoms with van der Waals surface area (Å²) < 4.78 is 15.6. The van der Waals surface area contributed by atoms with E-state index in [2.05, 4.69) is 5.32 Å². The SMILES string of the molecule is COc1cc(Cl)c(C)cc1NC(=O)[C@@H](C)OC(=O)c1cc(Cl)ccc1OC. The van der Waals surface area contributed by atoms with Crippen LogP contribution in [0.5, 0.6) is 11.5 Å². The Morgan fingerprint density at radius 2 is 1.70 bits per heavy atom. The maximum absolute atomic E-state index is 12.4. The molecule has 0 saturated heterocycles. The van der Waals surface area contributed by atoms with E-state index < -0.39 is 18.0 Å². The van der Waals surface area contributed by atoms with E-state index in [-0.39, 0.29) is 5.56 Å². The molecule has 0 aliphatic rings. The minimum atomic E-state index is -1.07. The Bertz CT molecular complexity index is 869. The van der Waals surface area contributed by atoms with Crippen molar-refractivity contribution in [3.8, 4) is 11.5 Å². The van der Waals surface area contributed by atoms with E-state index >= 15 is 0 Å². The molecule has 27 heavy (non-hydrogen) atoms. The second kappa shape index (κ2) is 8.97. The molecule has 2 aromatic rings. The van der Waals surface area contributed by atoms with Gasteiger partial charge in [0.2, 0.25) is 0 Å². The van der Waals surface area contributed by atoms with Gasteiger partial charge in [0.15, 0.2) is 6.10 Å². The van der Waals surface area contributed by atoms with Gasteiger partial charge in [-0.15, -0.1) is 0 Å². The topological polar surface area (TPSA) is 73.9 Å². The maximum atomic E-state index is 12.4. The van der Waals surface area contributed by atoms with Crippen LogP contribution < -0.4 is 14.8 Å². The second-order valence-electron chi connectivity index (χ2n) is 5.68. The summed E-state index contributed by atoms with van der Waals surface area (Å²) >= 11 is 12.0. The first-order valence-corrected chi connectivity index (χ1v) is 8.72. The van der Waals surface area contributed by atoms with E-state index in [0.29, 0.717) is 27.2 Å². The number of methoxy groups -OCH3 is 2. The van der Waals surface area contributed by atoms with Crippen molar-refractivity contribution in [2.24, 2.45) is 0 Å². The number of amides is 1. The van der Waals surface area contributed by atoms with E-state index in [4.69, 9.17) is 37.4 Å². The molecule has 0 spiro atoms. The number of carbonyl (C=O) groups is 2. The molecule has 0 unspecified atom stereocenters. The summed E-state index contributed by atoms with van der Waals surface area (Å²) in [6.07, 6.45) is -1.07. The molecule has 1 atom stereocenters. The summed E-state index contributed by atoms with van der Waals surface area (Å²) in [5.74, 6) is -0.554. The zero-order valence-electron chi connectivity index (χ0n) is 15.3. The lowest BCUT2D eigenvalue weighted by molar-refractivity contribution is -0.123. The molecule has 0 heterocycles. The van der Waals surface area contributed by atoms with Crippen LogP contribution in [-0.4, -0.2) is 32.2 Å². The van der Waals surface area contributed by atoms with Gasteiger partial charge in [0, 0.05) is 16.1 Å². The number of nitrogens with one attached hydrogen (secondary N) is 1. The summed E-state index contributed by atoms with van der Waals surface area (Å²) in [6, 6.07) is 7.82. The summed E-state index contributed by atoms with van der Waals surface area (Å²) in [6.45, 7) is 3.26. The van der Waals surface area contributed by atoms with Crippen LogP contribution in [0.3, 0.4) is 0 Å². The summed E-state index contributed by atoms with van der Waals surface area (Å²) in [5.41, 5.74) is 1.32. The number of rotatable bonds is 6. The fourth-order valence-corrected chi connectivity index (χ4v) is 2.61. The number of benzene rings is 2. The van der Waals surface area contributed by atoms with Crippen LogP contribution in [0, 0.1) is 6.92 Å². The van der Waals surface area contributed by atoms with E-state index in [1.165, 1.54) is 27.2 Å². The van der Waals surface area contributed by atoms with Crippen LogP contribution in [0.4, 0.5) is 5.69 Å². The second-order valence-corrected chi connectivity index (χ2v) is 6.53. The van der Waals surface area contributed by atoms with Gasteiger partial charge >= 0.3 is 5.97 Å². The van der Waals surface area contributed by atoms with Gasteiger partial charge in [0.1, 0.15) is 17.1 Å². The molecular weight excluding hydrogens is 393 g/mol. The molecule has 1 N–H and O–H groups in total. The van der Waals surface area contributed by atoms with Gasteiger partial charge in [-0.1, -0.05) is 23.2 Å². The molecule has 0 bridgehead atoms. The third-order valence-corrected chi connectivity index (χ3v) is 4.42. The van der Waals surface area contributed by atoms with Crippen molar-refractivity contribution in [1.82, 2.24) is 0 Å². The number of anilines is 1. The van der Waals surface area contributed by atoms with Crippen molar-refractivity contribution in [3.05, 3.63) is 51.5 Å². The molecule has 0 aromatic heterocycles. The highest BCUT2D eigenvalue weighted by molar-refractivity contribution is 6.31. The molecule has 1 amide bonds. The van der Waals surface area contributed by atoms with Gasteiger partial charge in [-0.05, 0) is 43.7 Å². The van der Waals surface area contributed by atoms with Gasteiger partial charge in [0.05, 0.1) is 19.9 Å². The standard InChI is InChI=1S/C19H19Cl2NO5/c1-10-7-15(17(26-4)9-14(10)21)22-18(23)11(2)27-19(24)13-8-12(20)5-6-16(13)25-3/h5-9,11H,1-4H3,(H,22,23)/t11-/m1/s1. The Morgan fingerprint density at radius 3 is 2.33 bits per heavy atom. The molecule has 0 radical (unpaired) electrons. The molecular formula is C19H19Cl2NO5. The number of ether oxygens (including phenoxy) is 3. The minimum Gasteiger partial charge on any atom is -0.496 e. The first-order valence-electron chi connectivity index (χ1n) is 7.96. The number of hydrogen-bond acceptors (Lipinski definition) is 5. The quantitative estimate of drug-likeness (QED) is 0.708. The van der Waals surface area contributed by atoms with Crippen molar-refractivity contribution in [1.29, 1.82) is 0 Å². The number of esters is 1. The Morgan fingerprint density at radius 1 is 1.04 bits per heavy atom. The average Bonchev–Trinajstić information content (AvgIpc) is 2.64. The van der Waals surface area contributed by atoms with Crippen LogP contribution >= 0.6 is 23.2 Å². The maximum Gasteiger partial charge on any atom is 0.342 e. The molecule has 8 heteroatoms. The monoisotopic (exact) mass is 411 g/mol. The van der Waals surface area contributed by atoms with Crippen molar-refractivity contribution < 1.29 is 23.8 Å². The normalized spacial score (nSPS) is 11.5. The lowest BCUT2D eigenvalue weighted by Crippen LogP contribution is -2.30. The van der Waals surface area contributed by atoms with Gasteiger partial charge in [-0.2, -0.15) is 0 Å². The smallest absolute Gasteiger partial charge is 0.342 e. The van der Waals surface area contributed by atoms with E-state index in [9.17, 15) is 9.59 Å². The fraction of sp³-hybridized carbons (Fsp3) is 0.263. The zero-order valence-corrected chi connectivity index (χ0v) is 16.8. The third-order valence-electron chi connectivity index (χ3n) is 3.77. The van der Waals surface area contributed by atoms with Gasteiger partial charge in [-0.3, -0.25) is 4.79 Å². The molecule has 0 fully saturated rings. The van der Waals surface area contributed by atoms with E-state index in [1.54, 1.807) is 31.2 Å². The predicted octanol–water partition coefficient (Wildman–Crippen LogP) is 4.50. The van der Waals surface area contributed by atoms with E-state index in [1.807, 2.05) is 0 Å². The molecule has 0 aliphatic carbocycles. The Labute approximate surface area is 167 Å². The zero-order chi connectivity index (χ0) is 20.1. The van der Waals surface area contributed by atoms with Crippen LogP contribution in [0.25, 0.3) is 0 Å². The Balaban J connectivity index is 2.14. The van der Waals surface area contributed by atoms with Gasteiger partial charge in [0.25, 0.3) is 5.91 Å². The lowest BCUT2D eigenvalue weighted by atomic mass is 10.2. The summed E-state index contributed by atoms with van der Waals surface area (Å²) in [5, 5.41) is 3.53. The molecule has 0 aliphatic heterocycles. The first kappa shape index (κ1) is 20.9. The number of aryl methyl sites for hydroxylation is 1. The highest BCUT2D eigenvalue weighted by Crippen LogP contribution is 2.31.